The van der Waals surface area contributed by atoms with Gasteiger partial charge < -0.3 is 5.11 Å². The molecule has 2 aromatic rings. The molecule has 1 aromatic carbocycles. The number of aromatic carboxylic acids is 1. The van der Waals surface area contributed by atoms with E-state index in [9.17, 15) is 4.79 Å². The number of aromatic nitrogens is 1. The van der Waals surface area contributed by atoms with E-state index in [0.29, 0.717) is 17.9 Å². The number of carboxylic acids is 1. The van der Waals surface area contributed by atoms with Crippen LogP contribution in [-0.2, 0) is 12.3 Å². The number of hydrogen-bond acceptors (Lipinski definition) is 3. The molecular formula is C12H10ClNO2S. The zero-order valence-electron chi connectivity index (χ0n) is 8.89. The Balaban J connectivity index is 2.18. The summed E-state index contributed by atoms with van der Waals surface area (Å²) in [5.41, 5.74) is 2.11. The van der Waals surface area contributed by atoms with Gasteiger partial charge in [0.25, 0.3) is 0 Å². The highest BCUT2D eigenvalue weighted by molar-refractivity contribution is 7.09. The molecule has 0 atom stereocenters. The SMILES string of the molecule is O=C(O)c1cccc(Cc2nc(CCl)cs2)c1. The van der Waals surface area contributed by atoms with Gasteiger partial charge in [-0.25, -0.2) is 9.78 Å². The Hall–Kier alpha value is -1.39. The van der Waals surface area contributed by atoms with Gasteiger partial charge in [-0.15, -0.1) is 22.9 Å². The Morgan fingerprint density at radius 3 is 2.94 bits per heavy atom. The van der Waals surface area contributed by atoms with Gasteiger partial charge in [-0.1, -0.05) is 12.1 Å². The fraction of sp³-hybridized carbons (Fsp3) is 0.167. The summed E-state index contributed by atoms with van der Waals surface area (Å²) in [5.74, 6) is -0.501. The number of rotatable bonds is 4. The predicted octanol–water partition coefficient (Wildman–Crippen LogP) is 3.17. The van der Waals surface area contributed by atoms with Gasteiger partial charge in [-0.2, -0.15) is 0 Å². The molecule has 0 aliphatic carbocycles. The first kappa shape index (κ1) is 12.1. The average molecular weight is 268 g/mol. The lowest BCUT2D eigenvalue weighted by Gasteiger charge is -2.00. The molecule has 0 bridgehead atoms. The zero-order valence-corrected chi connectivity index (χ0v) is 10.5. The molecule has 17 heavy (non-hydrogen) atoms. The zero-order chi connectivity index (χ0) is 12.3. The van der Waals surface area contributed by atoms with E-state index in [0.717, 1.165) is 16.3 Å². The van der Waals surface area contributed by atoms with Crippen LogP contribution in [0.4, 0.5) is 0 Å². The largest absolute Gasteiger partial charge is 0.478 e. The Bertz CT molecular complexity index is 539. The lowest BCUT2D eigenvalue weighted by atomic mass is 10.1. The molecule has 0 saturated carbocycles. The number of benzene rings is 1. The molecular weight excluding hydrogens is 258 g/mol. The van der Waals surface area contributed by atoms with E-state index in [1.54, 1.807) is 29.5 Å². The maximum Gasteiger partial charge on any atom is 0.335 e. The summed E-state index contributed by atoms with van der Waals surface area (Å²) in [4.78, 5) is 15.2. The Kier molecular flexibility index (Phi) is 3.76. The van der Waals surface area contributed by atoms with Gasteiger partial charge in [0.05, 0.1) is 22.1 Å². The summed E-state index contributed by atoms with van der Waals surface area (Å²) in [5, 5.41) is 11.8. The Morgan fingerprint density at radius 1 is 1.47 bits per heavy atom. The van der Waals surface area contributed by atoms with Crippen LogP contribution in [0, 0.1) is 0 Å². The molecule has 0 radical (unpaired) electrons. The van der Waals surface area contributed by atoms with E-state index >= 15 is 0 Å². The van der Waals surface area contributed by atoms with Crippen molar-refractivity contribution in [3.05, 3.63) is 51.5 Å². The van der Waals surface area contributed by atoms with Crippen LogP contribution in [0.15, 0.2) is 29.6 Å². The first-order chi connectivity index (χ1) is 8.19. The van der Waals surface area contributed by atoms with E-state index in [-0.39, 0.29) is 0 Å². The molecule has 0 unspecified atom stereocenters. The maximum absolute atomic E-state index is 10.8. The van der Waals surface area contributed by atoms with Crippen molar-refractivity contribution in [3.8, 4) is 0 Å². The number of carboxylic acid groups (broad SMARTS) is 1. The van der Waals surface area contributed by atoms with Crippen LogP contribution < -0.4 is 0 Å². The molecule has 0 spiro atoms. The second kappa shape index (κ2) is 5.29. The van der Waals surface area contributed by atoms with Crippen molar-refractivity contribution in [2.24, 2.45) is 0 Å². The molecule has 88 valence electrons. The van der Waals surface area contributed by atoms with Crippen molar-refractivity contribution in [1.82, 2.24) is 4.98 Å². The molecule has 3 nitrogen and oxygen atoms in total. The summed E-state index contributed by atoms with van der Waals surface area (Å²) in [6.07, 6.45) is 0.642. The molecule has 0 saturated heterocycles. The van der Waals surface area contributed by atoms with E-state index in [1.807, 2.05) is 11.4 Å². The van der Waals surface area contributed by atoms with Crippen molar-refractivity contribution in [3.63, 3.8) is 0 Å². The first-order valence-electron chi connectivity index (χ1n) is 5.00. The predicted molar refractivity (Wildman–Crippen MR) is 67.9 cm³/mol. The monoisotopic (exact) mass is 267 g/mol. The van der Waals surface area contributed by atoms with E-state index in [2.05, 4.69) is 4.98 Å². The number of halogens is 1. The average Bonchev–Trinajstić information content (AvgIpc) is 2.77. The number of hydrogen-bond donors (Lipinski definition) is 1. The fourth-order valence-electron chi connectivity index (χ4n) is 1.48. The topological polar surface area (TPSA) is 50.2 Å². The van der Waals surface area contributed by atoms with Crippen LogP contribution in [0.2, 0.25) is 0 Å². The Morgan fingerprint density at radius 2 is 2.29 bits per heavy atom. The minimum atomic E-state index is -0.910. The molecule has 0 fully saturated rings. The molecule has 0 aliphatic heterocycles. The van der Waals surface area contributed by atoms with Crippen LogP contribution in [0.5, 0.6) is 0 Å². The second-order valence-electron chi connectivity index (χ2n) is 3.55. The number of thiazole rings is 1. The molecule has 1 heterocycles. The van der Waals surface area contributed by atoms with E-state index < -0.39 is 5.97 Å². The molecule has 0 aliphatic rings. The van der Waals surface area contributed by atoms with E-state index in [4.69, 9.17) is 16.7 Å². The summed E-state index contributed by atoms with van der Waals surface area (Å²) in [6.45, 7) is 0. The number of nitrogens with zero attached hydrogens (tertiary/aromatic N) is 1. The van der Waals surface area contributed by atoms with Gasteiger partial charge in [0.1, 0.15) is 0 Å². The first-order valence-corrected chi connectivity index (χ1v) is 6.42. The summed E-state index contributed by atoms with van der Waals surface area (Å²) >= 11 is 7.22. The van der Waals surface area contributed by atoms with Crippen molar-refractivity contribution in [1.29, 1.82) is 0 Å². The minimum Gasteiger partial charge on any atom is -0.478 e. The molecule has 1 N–H and O–H groups in total. The Labute approximate surface area is 108 Å². The van der Waals surface area contributed by atoms with E-state index in [1.165, 1.54) is 0 Å². The highest BCUT2D eigenvalue weighted by Gasteiger charge is 2.06. The second-order valence-corrected chi connectivity index (χ2v) is 4.76. The van der Waals surface area contributed by atoms with Crippen LogP contribution in [0.1, 0.15) is 26.6 Å². The van der Waals surface area contributed by atoms with Gasteiger partial charge in [0.2, 0.25) is 0 Å². The normalized spacial score (nSPS) is 10.4. The third-order valence-electron chi connectivity index (χ3n) is 2.27. The molecule has 2 rings (SSSR count). The van der Waals surface area contributed by atoms with Gasteiger partial charge in [0.15, 0.2) is 0 Å². The van der Waals surface area contributed by atoms with Crippen molar-refractivity contribution in [2.75, 3.05) is 0 Å². The van der Waals surface area contributed by atoms with Crippen LogP contribution in [0.25, 0.3) is 0 Å². The molecule has 5 heteroatoms. The molecule has 0 amide bonds. The minimum absolute atomic E-state index is 0.302. The van der Waals surface area contributed by atoms with Crippen LogP contribution in [-0.4, -0.2) is 16.1 Å². The van der Waals surface area contributed by atoms with Crippen LogP contribution in [0.3, 0.4) is 0 Å². The maximum atomic E-state index is 10.8. The standard InChI is InChI=1S/C12H10ClNO2S/c13-6-10-7-17-11(14-10)5-8-2-1-3-9(4-8)12(15)16/h1-4,7H,5-6H2,(H,15,16). The van der Waals surface area contributed by atoms with Crippen molar-refractivity contribution >= 4 is 28.9 Å². The highest BCUT2D eigenvalue weighted by Crippen LogP contribution is 2.16. The number of alkyl halides is 1. The van der Waals surface area contributed by atoms with Crippen molar-refractivity contribution in [2.45, 2.75) is 12.3 Å². The smallest absolute Gasteiger partial charge is 0.335 e. The number of carbonyl (C=O) groups is 1. The molecule has 1 aromatic heterocycles. The quantitative estimate of drug-likeness (QED) is 0.866. The van der Waals surface area contributed by atoms with Gasteiger partial charge in [0, 0.05) is 11.8 Å². The van der Waals surface area contributed by atoms with Gasteiger partial charge >= 0.3 is 5.97 Å². The summed E-state index contributed by atoms with van der Waals surface area (Å²) < 4.78 is 0. The highest BCUT2D eigenvalue weighted by atomic mass is 35.5. The fourth-order valence-corrected chi connectivity index (χ4v) is 2.54. The van der Waals surface area contributed by atoms with Crippen LogP contribution >= 0.6 is 22.9 Å². The van der Waals surface area contributed by atoms with Gasteiger partial charge in [-0.3, -0.25) is 0 Å². The van der Waals surface area contributed by atoms with Crippen molar-refractivity contribution < 1.29 is 9.90 Å². The van der Waals surface area contributed by atoms with Gasteiger partial charge in [-0.05, 0) is 17.7 Å². The lowest BCUT2D eigenvalue weighted by Crippen LogP contribution is -1.97. The third-order valence-corrected chi connectivity index (χ3v) is 3.44. The third kappa shape index (κ3) is 3.05. The summed E-state index contributed by atoms with van der Waals surface area (Å²) in [7, 11) is 0. The summed E-state index contributed by atoms with van der Waals surface area (Å²) in [6, 6.07) is 6.89. The lowest BCUT2D eigenvalue weighted by molar-refractivity contribution is 0.0697.